The lowest BCUT2D eigenvalue weighted by Crippen LogP contribution is -2.64. The summed E-state index contributed by atoms with van der Waals surface area (Å²) in [6.07, 6.45) is 3.76. The van der Waals surface area contributed by atoms with Crippen LogP contribution in [-0.4, -0.2) is 32.9 Å². The van der Waals surface area contributed by atoms with E-state index in [1.165, 1.54) is 0 Å². The Hall–Kier alpha value is -0.136. The largest absolute Gasteiger partial charge is 0.448 e. The fourth-order valence-electron chi connectivity index (χ4n) is 2.91. The van der Waals surface area contributed by atoms with Crippen LogP contribution in [0.1, 0.15) is 25.7 Å². The highest BCUT2D eigenvalue weighted by molar-refractivity contribution is 6.89. The first kappa shape index (κ1) is 14.9. The quantitative estimate of drug-likeness (QED) is 0.583. The van der Waals surface area contributed by atoms with E-state index in [9.17, 15) is 4.79 Å². The molecule has 0 amide bonds. The van der Waals surface area contributed by atoms with Crippen LogP contribution < -0.4 is 0 Å². The molecule has 1 unspecified atom stereocenters. The molecule has 17 heavy (non-hydrogen) atoms. The minimum absolute atomic E-state index is 0.00556. The molecule has 1 fully saturated rings. The van der Waals surface area contributed by atoms with Crippen molar-refractivity contribution in [1.82, 2.24) is 4.23 Å². The van der Waals surface area contributed by atoms with E-state index in [2.05, 4.69) is 43.5 Å². The molecule has 1 aliphatic heterocycles. The lowest BCUT2D eigenvalue weighted by Gasteiger charge is -2.47. The van der Waals surface area contributed by atoms with E-state index in [1.807, 2.05) is 0 Å². The molecule has 1 rings (SSSR count). The summed E-state index contributed by atoms with van der Waals surface area (Å²) < 4.78 is 8.28. The Morgan fingerprint density at radius 3 is 2.06 bits per heavy atom. The normalized spacial score (nSPS) is 23.5. The minimum Gasteiger partial charge on any atom is -0.448 e. The first-order chi connectivity index (χ1) is 7.62. The Morgan fingerprint density at radius 2 is 1.59 bits per heavy atom. The van der Waals surface area contributed by atoms with E-state index >= 15 is 0 Å². The predicted octanol–water partition coefficient (Wildman–Crippen LogP) is 3.40. The summed E-state index contributed by atoms with van der Waals surface area (Å²) >= 11 is 0. The highest BCUT2D eigenvalue weighted by Crippen LogP contribution is 2.28. The molecule has 0 aromatic carbocycles. The SMILES string of the molecule is C[Si](C)(C)N(C1CCCCC(=O)O1)[Si](C)(C)C. The van der Waals surface area contributed by atoms with Crippen molar-refractivity contribution < 1.29 is 9.53 Å². The van der Waals surface area contributed by atoms with Crippen molar-refractivity contribution in [3.63, 3.8) is 0 Å². The Morgan fingerprint density at radius 1 is 1.06 bits per heavy atom. The standard InChI is InChI=1S/C12H27NO2Si2/c1-16(2,3)13(17(4,5)6)11-9-7-8-10-12(14)15-11/h11H,7-10H2,1-6H3. The van der Waals surface area contributed by atoms with Crippen molar-refractivity contribution in [2.45, 2.75) is 71.2 Å². The monoisotopic (exact) mass is 273 g/mol. The van der Waals surface area contributed by atoms with Gasteiger partial charge in [0.2, 0.25) is 0 Å². The lowest BCUT2D eigenvalue weighted by molar-refractivity contribution is -0.151. The van der Waals surface area contributed by atoms with Crippen LogP contribution in [0.5, 0.6) is 0 Å². The van der Waals surface area contributed by atoms with E-state index in [4.69, 9.17) is 4.74 Å². The van der Waals surface area contributed by atoms with Crippen LogP contribution in [-0.2, 0) is 9.53 Å². The summed E-state index contributed by atoms with van der Waals surface area (Å²) in [7, 11) is -2.89. The van der Waals surface area contributed by atoms with Crippen molar-refractivity contribution in [3.05, 3.63) is 0 Å². The molecule has 0 spiro atoms. The zero-order valence-electron chi connectivity index (χ0n) is 12.2. The molecule has 0 saturated carbocycles. The number of hydrogen-bond acceptors (Lipinski definition) is 3. The average Bonchev–Trinajstić information content (AvgIpc) is 2.24. The molecule has 3 nitrogen and oxygen atoms in total. The van der Waals surface area contributed by atoms with Crippen LogP contribution in [0.4, 0.5) is 0 Å². The molecule has 100 valence electrons. The van der Waals surface area contributed by atoms with Crippen molar-refractivity contribution in [3.8, 4) is 0 Å². The number of cyclic esters (lactones) is 1. The third kappa shape index (κ3) is 4.23. The molecule has 0 aromatic rings. The fraction of sp³-hybridized carbons (Fsp3) is 0.917. The molecule has 0 radical (unpaired) electrons. The molecule has 0 N–H and O–H groups in total. The number of ether oxygens (including phenoxy) is 1. The molecule has 0 bridgehead atoms. The second-order valence-electron chi connectivity index (χ2n) is 6.90. The van der Waals surface area contributed by atoms with E-state index in [0.717, 1.165) is 19.3 Å². The summed E-state index contributed by atoms with van der Waals surface area (Å²) in [6, 6.07) is 0. The van der Waals surface area contributed by atoms with Crippen LogP contribution in [0.25, 0.3) is 0 Å². The van der Waals surface area contributed by atoms with Gasteiger partial charge in [-0.2, -0.15) is 0 Å². The average molecular weight is 274 g/mol. The minimum atomic E-state index is -1.44. The van der Waals surface area contributed by atoms with Crippen LogP contribution >= 0.6 is 0 Å². The Balaban J connectivity index is 2.93. The van der Waals surface area contributed by atoms with Gasteiger partial charge in [-0.1, -0.05) is 39.3 Å². The summed E-state index contributed by atoms with van der Waals surface area (Å²) in [5.74, 6) is -0.00556. The topological polar surface area (TPSA) is 29.5 Å². The van der Waals surface area contributed by atoms with Gasteiger partial charge in [0.15, 0.2) is 0 Å². The number of carbonyl (C=O) groups excluding carboxylic acids is 1. The van der Waals surface area contributed by atoms with Crippen LogP contribution in [0.3, 0.4) is 0 Å². The first-order valence-corrected chi connectivity index (χ1v) is 13.5. The third-order valence-corrected chi connectivity index (χ3v) is 10.6. The van der Waals surface area contributed by atoms with Crippen molar-refractivity contribution >= 4 is 22.4 Å². The van der Waals surface area contributed by atoms with Gasteiger partial charge in [0.25, 0.3) is 0 Å². The van der Waals surface area contributed by atoms with Gasteiger partial charge >= 0.3 is 5.97 Å². The Bertz CT molecular complexity index is 267. The van der Waals surface area contributed by atoms with Crippen molar-refractivity contribution in [2.24, 2.45) is 0 Å². The van der Waals surface area contributed by atoms with Crippen LogP contribution in [0.15, 0.2) is 0 Å². The second-order valence-corrected chi connectivity index (χ2v) is 17.0. The number of carbonyl (C=O) groups is 1. The molecule has 0 aromatic heterocycles. The van der Waals surface area contributed by atoms with Crippen LogP contribution in [0, 0.1) is 0 Å². The molecular formula is C12H27NO2Si2. The number of esters is 1. The van der Waals surface area contributed by atoms with Crippen LogP contribution in [0.2, 0.25) is 39.3 Å². The maximum absolute atomic E-state index is 11.6. The molecular weight excluding hydrogens is 246 g/mol. The van der Waals surface area contributed by atoms with E-state index in [-0.39, 0.29) is 12.2 Å². The van der Waals surface area contributed by atoms with Gasteiger partial charge in [-0.3, -0.25) is 4.79 Å². The van der Waals surface area contributed by atoms with Gasteiger partial charge in [0.05, 0.1) is 0 Å². The number of hydrogen-bond donors (Lipinski definition) is 0. The number of rotatable bonds is 3. The maximum Gasteiger partial charge on any atom is 0.307 e. The molecule has 1 heterocycles. The molecule has 0 aliphatic carbocycles. The first-order valence-electron chi connectivity index (χ1n) is 6.61. The number of nitrogens with zero attached hydrogens (tertiary/aromatic N) is 1. The zero-order valence-corrected chi connectivity index (χ0v) is 14.2. The Kier molecular flexibility index (Phi) is 4.60. The summed E-state index contributed by atoms with van der Waals surface area (Å²) in [5.41, 5.74) is 0. The Labute approximate surface area is 108 Å². The van der Waals surface area contributed by atoms with Gasteiger partial charge in [-0.25, -0.2) is 0 Å². The lowest BCUT2D eigenvalue weighted by atomic mass is 10.2. The van der Waals surface area contributed by atoms with Gasteiger partial charge in [-0.15, -0.1) is 0 Å². The van der Waals surface area contributed by atoms with Gasteiger partial charge in [0.1, 0.15) is 22.7 Å². The highest BCUT2D eigenvalue weighted by atomic mass is 28.4. The van der Waals surface area contributed by atoms with E-state index in [0.29, 0.717) is 6.42 Å². The second kappa shape index (κ2) is 5.24. The zero-order chi connectivity index (χ0) is 13.3. The van der Waals surface area contributed by atoms with E-state index in [1.54, 1.807) is 0 Å². The summed E-state index contributed by atoms with van der Waals surface area (Å²) in [4.78, 5) is 11.6. The smallest absolute Gasteiger partial charge is 0.307 e. The molecule has 1 saturated heterocycles. The molecule has 1 aliphatic rings. The fourth-order valence-corrected chi connectivity index (χ4v) is 13.1. The third-order valence-electron chi connectivity index (χ3n) is 3.08. The predicted molar refractivity (Wildman–Crippen MR) is 76.9 cm³/mol. The maximum atomic E-state index is 11.6. The highest BCUT2D eigenvalue weighted by Gasteiger charge is 2.41. The van der Waals surface area contributed by atoms with Gasteiger partial charge < -0.3 is 8.97 Å². The van der Waals surface area contributed by atoms with Gasteiger partial charge in [0, 0.05) is 6.42 Å². The molecule has 5 heteroatoms. The van der Waals surface area contributed by atoms with Gasteiger partial charge in [-0.05, 0) is 19.3 Å². The van der Waals surface area contributed by atoms with Crippen molar-refractivity contribution in [2.75, 3.05) is 0 Å². The summed E-state index contributed by atoms with van der Waals surface area (Å²) in [5, 5.41) is 0. The van der Waals surface area contributed by atoms with E-state index < -0.39 is 16.5 Å². The van der Waals surface area contributed by atoms with Crippen molar-refractivity contribution in [1.29, 1.82) is 0 Å². The summed E-state index contributed by atoms with van der Waals surface area (Å²) in [6.45, 7) is 14.1. The molecule has 1 atom stereocenters.